The van der Waals surface area contributed by atoms with E-state index in [0.29, 0.717) is 18.3 Å². The summed E-state index contributed by atoms with van der Waals surface area (Å²) in [6, 6.07) is 12.1. The molecule has 20 heavy (non-hydrogen) atoms. The number of para-hydroxylation sites is 1. The van der Waals surface area contributed by atoms with Crippen molar-refractivity contribution in [3.8, 4) is 5.75 Å². The molecule has 4 heteroatoms. The van der Waals surface area contributed by atoms with E-state index >= 15 is 0 Å². The molecule has 0 saturated heterocycles. The van der Waals surface area contributed by atoms with Crippen molar-refractivity contribution in [2.45, 2.75) is 18.9 Å². The molecule has 2 aromatic rings. The second kappa shape index (κ2) is 5.51. The summed E-state index contributed by atoms with van der Waals surface area (Å²) in [6.45, 7) is 0.679. The van der Waals surface area contributed by atoms with Crippen LogP contribution in [0.15, 0.2) is 42.6 Å². The number of anilines is 1. The van der Waals surface area contributed by atoms with E-state index < -0.39 is 0 Å². The van der Waals surface area contributed by atoms with Gasteiger partial charge in [-0.15, -0.1) is 0 Å². The maximum absolute atomic E-state index is 6.35. The fourth-order valence-corrected chi connectivity index (χ4v) is 2.69. The number of pyridine rings is 1. The molecule has 0 spiro atoms. The molecule has 3 rings (SSSR count). The van der Waals surface area contributed by atoms with E-state index in [4.69, 9.17) is 16.2 Å². The largest absolute Gasteiger partial charge is 0.493 e. The van der Waals surface area contributed by atoms with Crippen molar-refractivity contribution in [1.29, 1.82) is 0 Å². The minimum atomic E-state index is 0.0603. The molecule has 0 radical (unpaired) electrons. The van der Waals surface area contributed by atoms with Gasteiger partial charge in [0.1, 0.15) is 11.6 Å². The molecule has 2 heterocycles. The molecule has 2 atom stereocenters. The zero-order chi connectivity index (χ0) is 13.9. The Kier molecular flexibility index (Phi) is 3.56. The van der Waals surface area contributed by atoms with Gasteiger partial charge >= 0.3 is 0 Å². The van der Waals surface area contributed by atoms with Crippen molar-refractivity contribution < 1.29 is 4.74 Å². The van der Waals surface area contributed by atoms with E-state index in [2.05, 4.69) is 11.1 Å². The van der Waals surface area contributed by atoms with Gasteiger partial charge in [0, 0.05) is 18.2 Å². The number of ether oxygens (including phenoxy) is 1. The number of fused-ring (bicyclic) bond motifs is 1. The highest BCUT2D eigenvalue weighted by Gasteiger charge is 2.25. The Morgan fingerprint density at radius 1 is 1.30 bits per heavy atom. The Morgan fingerprint density at radius 3 is 3.00 bits per heavy atom. The normalized spacial score (nSPS) is 18.9. The van der Waals surface area contributed by atoms with Crippen molar-refractivity contribution in [1.82, 2.24) is 4.98 Å². The zero-order valence-electron chi connectivity index (χ0n) is 11.3. The molecule has 104 valence electrons. The second-order valence-corrected chi connectivity index (χ2v) is 5.34. The highest BCUT2D eigenvalue weighted by Crippen LogP contribution is 2.28. The first-order valence-electron chi connectivity index (χ1n) is 6.89. The van der Waals surface area contributed by atoms with Crippen LogP contribution < -0.4 is 16.2 Å². The number of benzene rings is 1. The highest BCUT2D eigenvalue weighted by atomic mass is 16.5. The molecule has 0 bridgehead atoms. The number of hydrogen-bond donors (Lipinski definition) is 2. The minimum absolute atomic E-state index is 0.0603. The molecule has 0 aliphatic carbocycles. The first-order chi connectivity index (χ1) is 9.72. The molecule has 2 unspecified atom stereocenters. The minimum Gasteiger partial charge on any atom is -0.493 e. The molecule has 0 fully saturated rings. The summed E-state index contributed by atoms with van der Waals surface area (Å²) in [5.41, 5.74) is 14.4. The summed E-state index contributed by atoms with van der Waals surface area (Å²) in [5.74, 6) is 1.86. The van der Waals surface area contributed by atoms with Gasteiger partial charge in [0.15, 0.2) is 0 Å². The van der Waals surface area contributed by atoms with Crippen LogP contribution >= 0.6 is 0 Å². The van der Waals surface area contributed by atoms with Gasteiger partial charge in [-0.05, 0) is 42.2 Å². The van der Waals surface area contributed by atoms with E-state index in [1.54, 1.807) is 6.20 Å². The summed E-state index contributed by atoms with van der Waals surface area (Å²) < 4.78 is 5.80. The predicted octanol–water partition coefficient (Wildman–Crippen LogP) is 1.78. The summed E-state index contributed by atoms with van der Waals surface area (Å²) in [5, 5.41) is 0. The summed E-state index contributed by atoms with van der Waals surface area (Å²) >= 11 is 0. The van der Waals surface area contributed by atoms with Crippen LogP contribution in [0.3, 0.4) is 0 Å². The fourth-order valence-electron chi connectivity index (χ4n) is 2.69. The number of nitrogen functional groups attached to an aromatic ring is 1. The Hall–Kier alpha value is -2.07. The lowest BCUT2D eigenvalue weighted by atomic mass is 9.88. The van der Waals surface area contributed by atoms with Crippen LogP contribution in [0.25, 0.3) is 0 Å². The fraction of sp³-hybridized carbons (Fsp3) is 0.312. The van der Waals surface area contributed by atoms with Gasteiger partial charge in [-0.1, -0.05) is 18.2 Å². The Morgan fingerprint density at radius 2 is 2.15 bits per heavy atom. The molecule has 1 aromatic carbocycles. The van der Waals surface area contributed by atoms with Gasteiger partial charge in [0.2, 0.25) is 0 Å². The van der Waals surface area contributed by atoms with Gasteiger partial charge in [0.25, 0.3) is 0 Å². The Balaban J connectivity index is 1.68. The average Bonchev–Trinajstić information content (AvgIpc) is 2.47. The van der Waals surface area contributed by atoms with Gasteiger partial charge < -0.3 is 16.2 Å². The summed E-state index contributed by atoms with van der Waals surface area (Å²) in [4.78, 5) is 4.00. The lowest BCUT2D eigenvalue weighted by Gasteiger charge is -2.29. The van der Waals surface area contributed by atoms with Gasteiger partial charge in [0.05, 0.1) is 6.61 Å². The maximum atomic E-state index is 6.35. The van der Waals surface area contributed by atoms with Crippen molar-refractivity contribution >= 4 is 5.82 Å². The molecule has 4 nitrogen and oxygen atoms in total. The van der Waals surface area contributed by atoms with Crippen LogP contribution in [0.1, 0.15) is 11.1 Å². The predicted molar refractivity (Wildman–Crippen MR) is 79.5 cm³/mol. The molecule has 0 saturated carbocycles. The third-order valence-corrected chi connectivity index (χ3v) is 3.83. The van der Waals surface area contributed by atoms with Crippen LogP contribution in [0.2, 0.25) is 0 Å². The standard InChI is InChI=1S/C16H19N3O/c17-14(7-11-5-6-19-16(18)8-11)13-9-12-3-1-2-4-15(12)20-10-13/h1-6,8,13-14H,7,9-10,17H2,(H2,18,19). The van der Waals surface area contributed by atoms with Crippen LogP contribution in [0.5, 0.6) is 5.75 Å². The first-order valence-corrected chi connectivity index (χ1v) is 6.89. The molecular formula is C16H19N3O. The third-order valence-electron chi connectivity index (χ3n) is 3.83. The average molecular weight is 269 g/mol. The molecule has 1 aromatic heterocycles. The van der Waals surface area contributed by atoms with Crippen molar-refractivity contribution in [3.63, 3.8) is 0 Å². The first kappa shape index (κ1) is 12.9. The van der Waals surface area contributed by atoms with E-state index in [0.717, 1.165) is 24.2 Å². The monoisotopic (exact) mass is 269 g/mol. The maximum Gasteiger partial charge on any atom is 0.123 e. The number of aromatic nitrogens is 1. The summed E-state index contributed by atoms with van der Waals surface area (Å²) in [7, 11) is 0. The van der Waals surface area contributed by atoms with Gasteiger partial charge in [-0.25, -0.2) is 4.98 Å². The lowest BCUT2D eigenvalue weighted by Crippen LogP contribution is -2.39. The number of nitrogens with zero attached hydrogens (tertiary/aromatic N) is 1. The van der Waals surface area contributed by atoms with E-state index in [-0.39, 0.29) is 6.04 Å². The van der Waals surface area contributed by atoms with E-state index in [9.17, 15) is 0 Å². The SMILES string of the molecule is Nc1cc(CC(N)C2COc3ccccc3C2)ccn1. The van der Waals surface area contributed by atoms with Crippen LogP contribution in [-0.2, 0) is 12.8 Å². The van der Waals surface area contributed by atoms with E-state index in [1.165, 1.54) is 5.56 Å². The zero-order valence-corrected chi connectivity index (χ0v) is 11.3. The topological polar surface area (TPSA) is 74.2 Å². The number of rotatable bonds is 3. The van der Waals surface area contributed by atoms with Crippen LogP contribution in [0.4, 0.5) is 5.82 Å². The Labute approximate surface area is 118 Å². The van der Waals surface area contributed by atoms with Crippen LogP contribution in [0, 0.1) is 5.92 Å². The molecule has 0 amide bonds. The smallest absolute Gasteiger partial charge is 0.123 e. The van der Waals surface area contributed by atoms with Crippen molar-refractivity contribution in [2.75, 3.05) is 12.3 Å². The molecule has 1 aliphatic heterocycles. The van der Waals surface area contributed by atoms with Crippen molar-refractivity contribution in [3.05, 3.63) is 53.7 Å². The lowest BCUT2D eigenvalue weighted by molar-refractivity contribution is 0.199. The highest BCUT2D eigenvalue weighted by molar-refractivity contribution is 5.36. The van der Waals surface area contributed by atoms with Gasteiger partial charge in [-0.3, -0.25) is 0 Å². The molecule has 4 N–H and O–H groups in total. The van der Waals surface area contributed by atoms with Crippen LogP contribution in [-0.4, -0.2) is 17.6 Å². The molecule has 1 aliphatic rings. The third kappa shape index (κ3) is 2.75. The van der Waals surface area contributed by atoms with Gasteiger partial charge in [-0.2, -0.15) is 0 Å². The Bertz CT molecular complexity index is 600. The summed E-state index contributed by atoms with van der Waals surface area (Å²) in [6.07, 6.45) is 3.49. The van der Waals surface area contributed by atoms with Crippen molar-refractivity contribution in [2.24, 2.45) is 11.7 Å². The number of nitrogens with two attached hydrogens (primary N) is 2. The quantitative estimate of drug-likeness (QED) is 0.890. The second-order valence-electron chi connectivity index (χ2n) is 5.34. The molecular weight excluding hydrogens is 250 g/mol. The van der Waals surface area contributed by atoms with E-state index in [1.807, 2.05) is 30.3 Å². The number of hydrogen-bond acceptors (Lipinski definition) is 4.